The number of rotatable bonds is 11. The Labute approximate surface area is 279 Å². The number of phenolic OH excluding ortho intramolecular Hbond substituents is 2. The van der Waals surface area contributed by atoms with Gasteiger partial charge in [0.15, 0.2) is 17.9 Å². The third-order valence-corrected chi connectivity index (χ3v) is 8.87. The number of carbonyl (C=O) groups excluding carboxylic acids is 4. The van der Waals surface area contributed by atoms with E-state index in [1.807, 2.05) is 0 Å². The molecule has 2 aliphatic heterocycles. The highest BCUT2D eigenvalue weighted by atomic mass is 32.2. The fraction of sp³-hybridized carbons (Fsp3) is 0.258. The van der Waals surface area contributed by atoms with E-state index in [0.29, 0.717) is 0 Å². The van der Waals surface area contributed by atoms with E-state index >= 15 is 0 Å². The molecule has 49 heavy (non-hydrogen) atoms. The number of fused-ring (bicyclic) bond motifs is 2. The predicted molar refractivity (Wildman–Crippen MR) is 167 cm³/mol. The van der Waals surface area contributed by atoms with E-state index in [0.717, 1.165) is 35.7 Å². The number of aromatic hydroxyl groups is 2. The Kier molecular flexibility index (Phi) is 9.52. The molecule has 256 valence electrons. The molecular formula is C31H27N3O14S. The third-order valence-electron chi connectivity index (χ3n) is 7.53. The van der Waals surface area contributed by atoms with Crippen LogP contribution in [-0.2, 0) is 28.7 Å². The number of aryl methyl sites for hydroxylation is 1. The lowest BCUT2D eigenvalue weighted by Crippen LogP contribution is -2.71. The zero-order valence-electron chi connectivity index (χ0n) is 25.5. The van der Waals surface area contributed by atoms with Crippen molar-refractivity contribution in [3.05, 3.63) is 74.8 Å². The first kappa shape index (κ1) is 34.3. The average Bonchev–Trinajstić information content (AvgIpc) is 3.05. The van der Waals surface area contributed by atoms with Gasteiger partial charge in [0.25, 0.3) is 11.8 Å². The molecule has 1 aromatic heterocycles. The van der Waals surface area contributed by atoms with Gasteiger partial charge in [0.05, 0.1) is 5.39 Å². The molecule has 2 aromatic carbocycles. The van der Waals surface area contributed by atoms with Crippen LogP contribution >= 0.6 is 11.8 Å². The molecule has 0 saturated carbocycles. The Bertz CT molecular complexity index is 2000. The number of hydrogen-bond donors (Lipinski definition) is 6. The van der Waals surface area contributed by atoms with E-state index in [4.69, 9.17) is 19.0 Å². The number of amides is 3. The molecule has 0 spiro atoms. The van der Waals surface area contributed by atoms with Crippen molar-refractivity contribution in [3.8, 4) is 17.2 Å². The van der Waals surface area contributed by atoms with E-state index in [-0.39, 0.29) is 51.7 Å². The van der Waals surface area contributed by atoms with Crippen molar-refractivity contribution >= 4 is 58.4 Å². The summed E-state index contributed by atoms with van der Waals surface area (Å²) in [5.74, 6) is -7.45. The minimum Gasteiger partial charge on any atom is -0.504 e. The second-order valence-corrected chi connectivity index (χ2v) is 11.9. The van der Waals surface area contributed by atoms with Crippen LogP contribution in [0.1, 0.15) is 34.6 Å². The van der Waals surface area contributed by atoms with Crippen molar-refractivity contribution in [2.45, 2.75) is 31.3 Å². The number of carboxylic acids is 2. The number of phenols is 2. The molecule has 5 rings (SSSR count). The van der Waals surface area contributed by atoms with Gasteiger partial charge < -0.3 is 45.0 Å². The number of ether oxygens (including phenoxy) is 2. The summed E-state index contributed by atoms with van der Waals surface area (Å²) in [6, 6.07) is 4.71. The van der Waals surface area contributed by atoms with E-state index < -0.39 is 82.2 Å². The summed E-state index contributed by atoms with van der Waals surface area (Å²) in [6.07, 6.45) is 0. The molecule has 0 aliphatic carbocycles. The number of carbonyl (C=O) groups is 6. The molecule has 2 aliphatic rings. The number of thioether (sulfide) groups is 1. The summed E-state index contributed by atoms with van der Waals surface area (Å²) in [7, 11) is 0. The van der Waals surface area contributed by atoms with Gasteiger partial charge in [-0.3, -0.25) is 28.9 Å². The van der Waals surface area contributed by atoms with Crippen molar-refractivity contribution in [1.29, 1.82) is 0 Å². The molecule has 3 atom stereocenters. The number of carboxylic acid groups (broad SMARTS) is 2. The summed E-state index contributed by atoms with van der Waals surface area (Å²) >= 11 is 1.12. The quantitative estimate of drug-likeness (QED) is 0.0918. The van der Waals surface area contributed by atoms with Gasteiger partial charge >= 0.3 is 17.9 Å². The number of benzene rings is 2. The highest BCUT2D eigenvalue weighted by molar-refractivity contribution is 8.00. The monoisotopic (exact) mass is 697 g/mol. The number of β-lactam (4-membered cyclic amide) rings is 1. The van der Waals surface area contributed by atoms with Crippen molar-refractivity contribution in [2.24, 2.45) is 0 Å². The summed E-state index contributed by atoms with van der Waals surface area (Å²) in [5, 5.41) is 42.6. The van der Waals surface area contributed by atoms with Crippen LogP contribution < -0.4 is 20.8 Å². The van der Waals surface area contributed by atoms with Gasteiger partial charge in [-0.25, -0.2) is 9.59 Å². The number of nitrogens with zero attached hydrogens (tertiary/aromatic N) is 1. The summed E-state index contributed by atoms with van der Waals surface area (Å²) in [5.41, 5.74) is -1.85. The maximum atomic E-state index is 13.8. The molecule has 1 saturated heterocycles. The Balaban J connectivity index is 1.44. The molecule has 1 fully saturated rings. The van der Waals surface area contributed by atoms with Crippen molar-refractivity contribution < 1.29 is 63.1 Å². The fourth-order valence-corrected chi connectivity index (χ4v) is 6.56. The second-order valence-electron chi connectivity index (χ2n) is 10.8. The molecular weight excluding hydrogens is 670 g/mol. The minimum absolute atomic E-state index is 0.0675. The molecule has 0 radical (unpaired) electrons. The van der Waals surface area contributed by atoms with Crippen LogP contribution in [0.15, 0.2) is 56.9 Å². The topological polar surface area (TPSA) is 259 Å². The Hall–Kier alpha value is -6.04. The van der Waals surface area contributed by atoms with Crippen LogP contribution in [0.3, 0.4) is 0 Å². The molecule has 3 heterocycles. The molecule has 18 heteroatoms. The summed E-state index contributed by atoms with van der Waals surface area (Å²) < 4.78 is 15.5. The zero-order valence-corrected chi connectivity index (χ0v) is 26.4. The van der Waals surface area contributed by atoms with Crippen molar-refractivity contribution in [2.75, 3.05) is 19.0 Å². The molecule has 1 unspecified atom stereocenters. The second kappa shape index (κ2) is 13.6. The standard InChI is InChI=1S/C31H27N3O14S/c1-12-20(24(39)17-7-8-18(36)25(40)26(17)48-12)27(41)32-21(14-3-5-16(6-4-14)47-10-19(37)38)28(42)33-22-29(43)34-23(31(44)45)15(9-46-13(2)35)11-49-30(22)34/h3-8,21-22,30,36,40H,9-11H2,1-2H3,(H,32,41)(H,33,42)(H,37,38)(H,44,45)/t21?,22-,30+/m1/s1. The van der Waals surface area contributed by atoms with Gasteiger partial charge in [0.2, 0.25) is 17.1 Å². The first-order valence-corrected chi connectivity index (χ1v) is 15.3. The number of nitrogens with one attached hydrogen (secondary N) is 2. The molecule has 0 bridgehead atoms. The Morgan fingerprint density at radius 2 is 1.76 bits per heavy atom. The predicted octanol–water partition coefficient (Wildman–Crippen LogP) is 0.749. The van der Waals surface area contributed by atoms with Crippen LogP contribution in [-0.4, -0.2) is 91.3 Å². The fourth-order valence-electron chi connectivity index (χ4n) is 5.23. The third kappa shape index (κ3) is 6.71. The van der Waals surface area contributed by atoms with Gasteiger partial charge in [0, 0.05) is 18.2 Å². The van der Waals surface area contributed by atoms with Gasteiger partial charge in [-0.1, -0.05) is 12.1 Å². The molecule has 17 nitrogen and oxygen atoms in total. The lowest BCUT2D eigenvalue weighted by Gasteiger charge is -2.49. The number of aliphatic carboxylic acids is 2. The highest BCUT2D eigenvalue weighted by Gasteiger charge is 2.54. The normalized spacial score (nSPS) is 17.4. The van der Waals surface area contributed by atoms with Gasteiger partial charge in [-0.2, -0.15) is 0 Å². The van der Waals surface area contributed by atoms with Gasteiger partial charge in [-0.05, 0) is 36.8 Å². The van der Waals surface area contributed by atoms with Crippen molar-refractivity contribution in [3.63, 3.8) is 0 Å². The minimum atomic E-state index is -1.58. The first-order valence-electron chi connectivity index (χ1n) is 14.3. The number of esters is 1. The Morgan fingerprint density at radius 3 is 2.39 bits per heavy atom. The lowest BCUT2D eigenvalue weighted by atomic mass is 10.0. The summed E-state index contributed by atoms with van der Waals surface area (Å²) in [6.45, 7) is 1.41. The largest absolute Gasteiger partial charge is 0.504 e. The van der Waals surface area contributed by atoms with Gasteiger partial charge in [-0.15, -0.1) is 11.8 Å². The summed E-state index contributed by atoms with van der Waals surface area (Å²) in [4.78, 5) is 89.2. The smallest absolute Gasteiger partial charge is 0.352 e. The van der Waals surface area contributed by atoms with Crippen LogP contribution in [0, 0.1) is 6.92 Å². The SMILES string of the molecule is CC(=O)OCC1=C(C(=O)O)N2C(=O)[C@@H](NC(=O)C(NC(=O)c3c(C)oc4c(O)c(O)ccc4c3=O)c3ccc(OCC(=O)O)cc3)[C@@H]2SC1. The molecule has 3 amide bonds. The molecule has 6 N–H and O–H groups in total. The van der Waals surface area contributed by atoms with Crippen LogP contribution in [0.25, 0.3) is 11.0 Å². The maximum absolute atomic E-state index is 13.8. The molecule has 3 aromatic rings. The first-order chi connectivity index (χ1) is 23.2. The maximum Gasteiger partial charge on any atom is 0.352 e. The van der Waals surface area contributed by atoms with E-state index in [9.17, 15) is 48.9 Å². The lowest BCUT2D eigenvalue weighted by molar-refractivity contribution is -0.151. The highest BCUT2D eigenvalue weighted by Crippen LogP contribution is 2.41. The van der Waals surface area contributed by atoms with Gasteiger partial charge in [0.1, 0.15) is 46.8 Å². The zero-order chi connectivity index (χ0) is 35.7. The Morgan fingerprint density at radius 1 is 1.06 bits per heavy atom. The van der Waals surface area contributed by atoms with Crippen LogP contribution in [0.5, 0.6) is 17.2 Å². The van der Waals surface area contributed by atoms with E-state index in [1.165, 1.54) is 31.2 Å². The van der Waals surface area contributed by atoms with Crippen LogP contribution in [0.2, 0.25) is 0 Å². The van der Waals surface area contributed by atoms with E-state index in [1.54, 1.807) is 0 Å². The number of hydrogen-bond acceptors (Lipinski definition) is 13. The van der Waals surface area contributed by atoms with Crippen molar-refractivity contribution in [1.82, 2.24) is 15.5 Å². The van der Waals surface area contributed by atoms with Crippen LogP contribution in [0.4, 0.5) is 0 Å². The van der Waals surface area contributed by atoms with E-state index in [2.05, 4.69) is 10.6 Å². The average molecular weight is 698 g/mol.